The number of hydrogen-bond acceptors (Lipinski definition) is 10. The average Bonchev–Trinajstić information content (AvgIpc) is 3.47. The van der Waals surface area contributed by atoms with Gasteiger partial charge in [-0.05, 0) is 75.4 Å². The highest BCUT2D eigenvalue weighted by Gasteiger charge is 2.33. The molecular weight excluding hydrogens is 536 g/mol. The van der Waals surface area contributed by atoms with E-state index in [-0.39, 0.29) is 11.7 Å². The SMILES string of the molecule is CCOc1ccc(C2C(C(=O)OC(C)C)=C(C)N=c3sc(=Cc4ccc(Sc5ncccn5)o4)c(=O)n32)cc1. The molecule has 11 heteroatoms. The van der Waals surface area contributed by atoms with E-state index in [1.165, 1.54) is 23.1 Å². The van der Waals surface area contributed by atoms with Gasteiger partial charge in [0.2, 0.25) is 0 Å². The highest BCUT2D eigenvalue weighted by atomic mass is 32.2. The van der Waals surface area contributed by atoms with Gasteiger partial charge in [0.05, 0.1) is 34.6 Å². The number of rotatable bonds is 8. The van der Waals surface area contributed by atoms with E-state index in [0.717, 1.165) is 5.56 Å². The molecule has 1 aliphatic heterocycles. The summed E-state index contributed by atoms with van der Waals surface area (Å²) in [7, 11) is 0. The summed E-state index contributed by atoms with van der Waals surface area (Å²) in [6.07, 6.45) is 4.68. The van der Waals surface area contributed by atoms with Crippen LogP contribution < -0.4 is 19.6 Å². The van der Waals surface area contributed by atoms with Crippen molar-refractivity contribution < 1.29 is 18.7 Å². The third-order valence-electron chi connectivity index (χ3n) is 5.70. The lowest BCUT2D eigenvalue weighted by atomic mass is 9.96. The Labute approximate surface area is 232 Å². The fraction of sp³-hybridized carbons (Fsp3) is 0.250. The maximum absolute atomic E-state index is 13.8. The van der Waals surface area contributed by atoms with Gasteiger partial charge >= 0.3 is 5.97 Å². The first-order valence-electron chi connectivity index (χ1n) is 12.3. The molecule has 0 amide bonds. The number of thiazole rings is 1. The van der Waals surface area contributed by atoms with Gasteiger partial charge in [-0.25, -0.2) is 19.8 Å². The van der Waals surface area contributed by atoms with Gasteiger partial charge in [-0.3, -0.25) is 9.36 Å². The van der Waals surface area contributed by atoms with Gasteiger partial charge in [-0.15, -0.1) is 0 Å². The third kappa shape index (κ3) is 5.74. The number of benzene rings is 1. The van der Waals surface area contributed by atoms with Crippen molar-refractivity contribution in [1.29, 1.82) is 0 Å². The molecule has 0 N–H and O–H groups in total. The number of ether oxygens (including phenoxy) is 2. The highest BCUT2D eigenvalue weighted by molar-refractivity contribution is 7.99. The Kier molecular flexibility index (Phi) is 7.80. The topological polar surface area (TPSA) is 109 Å². The minimum atomic E-state index is -0.705. The molecule has 4 heterocycles. The van der Waals surface area contributed by atoms with E-state index in [4.69, 9.17) is 13.9 Å². The zero-order chi connectivity index (χ0) is 27.5. The number of carbonyl (C=O) groups excluding carboxylic acids is 1. The van der Waals surface area contributed by atoms with E-state index in [9.17, 15) is 9.59 Å². The van der Waals surface area contributed by atoms with Crippen LogP contribution in [0.5, 0.6) is 5.75 Å². The van der Waals surface area contributed by atoms with Crippen LogP contribution in [0.3, 0.4) is 0 Å². The Bertz CT molecular complexity index is 1700. The summed E-state index contributed by atoms with van der Waals surface area (Å²) in [5, 5.41) is 1.16. The van der Waals surface area contributed by atoms with E-state index in [1.807, 2.05) is 31.2 Å². The summed E-state index contributed by atoms with van der Waals surface area (Å²) in [6, 6.07) is 12.0. The van der Waals surface area contributed by atoms with Crippen molar-refractivity contribution in [3.05, 3.63) is 97.1 Å². The number of hydrogen-bond donors (Lipinski definition) is 0. The summed E-state index contributed by atoms with van der Waals surface area (Å²) in [5.74, 6) is 0.703. The average molecular weight is 563 g/mol. The molecule has 39 heavy (non-hydrogen) atoms. The van der Waals surface area contributed by atoms with Gasteiger partial charge < -0.3 is 13.9 Å². The van der Waals surface area contributed by atoms with Crippen LogP contribution >= 0.6 is 23.1 Å². The smallest absolute Gasteiger partial charge is 0.338 e. The zero-order valence-corrected chi connectivity index (χ0v) is 23.4. The minimum absolute atomic E-state index is 0.281. The monoisotopic (exact) mass is 562 g/mol. The maximum Gasteiger partial charge on any atom is 0.338 e. The molecule has 1 unspecified atom stereocenters. The summed E-state index contributed by atoms with van der Waals surface area (Å²) < 4.78 is 19.0. The number of fused-ring (bicyclic) bond motifs is 1. The molecular formula is C28H26N4O5S2. The van der Waals surface area contributed by atoms with Crippen molar-refractivity contribution in [2.24, 2.45) is 4.99 Å². The zero-order valence-electron chi connectivity index (χ0n) is 21.8. The first kappa shape index (κ1) is 26.6. The van der Waals surface area contributed by atoms with Crippen LogP contribution in [0.2, 0.25) is 0 Å². The van der Waals surface area contributed by atoms with Crippen LogP contribution in [0.4, 0.5) is 0 Å². The van der Waals surface area contributed by atoms with E-state index >= 15 is 0 Å². The normalized spacial score (nSPS) is 15.3. The molecule has 9 nitrogen and oxygen atoms in total. The van der Waals surface area contributed by atoms with E-state index in [0.29, 0.717) is 49.0 Å². The number of esters is 1. The van der Waals surface area contributed by atoms with E-state index in [2.05, 4.69) is 15.0 Å². The van der Waals surface area contributed by atoms with E-state index in [1.54, 1.807) is 62.0 Å². The molecule has 4 aromatic rings. The van der Waals surface area contributed by atoms with Crippen LogP contribution in [-0.4, -0.2) is 33.2 Å². The first-order chi connectivity index (χ1) is 18.8. The molecule has 1 atom stereocenters. The predicted molar refractivity (Wildman–Crippen MR) is 147 cm³/mol. The molecule has 0 bridgehead atoms. The Hall–Kier alpha value is -3.96. The highest BCUT2D eigenvalue weighted by Crippen LogP contribution is 2.32. The van der Waals surface area contributed by atoms with Crippen molar-refractivity contribution in [2.75, 3.05) is 6.61 Å². The Morgan fingerprint density at radius 3 is 2.62 bits per heavy atom. The largest absolute Gasteiger partial charge is 0.494 e. The van der Waals surface area contributed by atoms with Crippen LogP contribution in [0.1, 0.15) is 45.1 Å². The van der Waals surface area contributed by atoms with Crippen molar-refractivity contribution in [3.8, 4) is 5.75 Å². The number of furan rings is 1. The molecule has 200 valence electrons. The molecule has 0 aliphatic carbocycles. The molecule has 0 fully saturated rings. The second kappa shape index (κ2) is 11.4. The molecule has 0 spiro atoms. The molecule has 0 saturated carbocycles. The Morgan fingerprint density at radius 2 is 1.92 bits per heavy atom. The number of aromatic nitrogens is 3. The maximum atomic E-state index is 13.8. The minimum Gasteiger partial charge on any atom is -0.494 e. The van der Waals surface area contributed by atoms with Crippen LogP contribution in [-0.2, 0) is 9.53 Å². The van der Waals surface area contributed by atoms with Gasteiger partial charge in [-0.2, -0.15) is 0 Å². The fourth-order valence-electron chi connectivity index (χ4n) is 4.11. The van der Waals surface area contributed by atoms with Crippen molar-refractivity contribution in [2.45, 2.75) is 50.1 Å². The predicted octanol–water partition coefficient (Wildman–Crippen LogP) is 4.12. The Balaban J connectivity index is 1.57. The quantitative estimate of drug-likeness (QED) is 0.233. The molecule has 0 saturated heterocycles. The van der Waals surface area contributed by atoms with Crippen molar-refractivity contribution >= 4 is 35.1 Å². The molecule has 0 radical (unpaired) electrons. The summed E-state index contributed by atoms with van der Waals surface area (Å²) in [4.78, 5) is 40.5. The van der Waals surface area contributed by atoms with Crippen molar-refractivity contribution in [3.63, 3.8) is 0 Å². The Morgan fingerprint density at radius 1 is 1.18 bits per heavy atom. The number of allylic oxidation sites excluding steroid dienone is 1. The van der Waals surface area contributed by atoms with Gasteiger partial charge in [0.25, 0.3) is 5.56 Å². The summed E-state index contributed by atoms with van der Waals surface area (Å²) in [6.45, 7) is 7.78. The number of carbonyl (C=O) groups is 1. The summed E-state index contributed by atoms with van der Waals surface area (Å²) in [5.41, 5.74) is 1.30. The number of nitrogens with zero attached hydrogens (tertiary/aromatic N) is 4. The van der Waals surface area contributed by atoms with Crippen LogP contribution in [0.15, 0.2) is 90.6 Å². The van der Waals surface area contributed by atoms with E-state index < -0.39 is 12.0 Å². The molecule has 3 aromatic heterocycles. The van der Waals surface area contributed by atoms with Crippen LogP contribution in [0, 0.1) is 0 Å². The second-order valence-corrected chi connectivity index (χ2v) is 10.8. The fourth-order valence-corrected chi connectivity index (χ4v) is 5.82. The second-order valence-electron chi connectivity index (χ2n) is 8.83. The molecule has 1 aliphatic rings. The summed E-state index contributed by atoms with van der Waals surface area (Å²) >= 11 is 2.52. The molecule has 5 rings (SSSR count). The van der Waals surface area contributed by atoms with Crippen molar-refractivity contribution in [1.82, 2.24) is 14.5 Å². The van der Waals surface area contributed by atoms with Gasteiger partial charge in [0.1, 0.15) is 11.5 Å². The lowest BCUT2D eigenvalue weighted by molar-refractivity contribution is -0.143. The standard InChI is InChI=1S/C28H26N4O5S2/c1-5-35-19-9-7-18(8-10-19)24-23(26(34)36-16(2)3)17(4)31-28-32(24)25(33)21(38-28)15-20-11-12-22(37-20)39-27-29-13-6-14-30-27/h6-16,24H,5H2,1-4H3. The third-order valence-corrected chi connectivity index (χ3v) is 7.50. The van der Waals surface area contributed by atoms with Gasteiger partial charge in [0.15, 0.2) is 15.1 Å². The lowest BCUT2D eigenvalue weighted by Crippen LogP contribution is -2.40. The first-order valence-corrected chi connectivity index (χ1v) is 14.0. The van der Waals surface area contributed by atoms with Gasteiger partial charge in [0, 0.05) is 18.5 Å². The lowest BCUT2D eigenvalue weighted by Gasteiger charge is -2.25. The molecule has 1 aromatic carbocycles. The van der Waals surface area contributed by atoms with Gasteiger partial charge in [-0.1, -0.05) is 23.5 Å². The van der Waals surface area contributed by atoms with Crippen LogP contribution in [0.25, 0.3) is 6.08 Å².